The summed E-state index contributed by atoms with van der Waals surface area (Å²) in [6.45, 7) is 3.74. The molecule has 1 aromatic heterocycles. The quantitative estimate of drug-likeness (QED) is 0.893. The highest BCUT2D eigenvalue weighted by Gasteiger charge is 2.06. The molecule has 1 N–H and O–H groups in total. The van der Waals surface area contributed by atoms with Gasteiger partial charge in [0.1, 0.15) is 11.6 Å². The molecule has 0 bridgehead atoms. The molecule has 18 heavy (non-hydrogen) atoms. The van der Waals surface area contributed by atoms with Gasteiger partial charge in [-0.25, -0.2) is 9.67 Å². The van der Waals surface area contributed by atoms with Gasteiger partial charge in [0.25, 0.3) is 0 Å². The normalized spacial score (nSPS) is 10.6. The van der Waals surface area contributed by atoms with Crippen LogP contribution in [0.25, 0.3) is 5.69 Å². The van der Waals surface area contributed by atoms with Gasteiger partial charge in [0.05, 0.1) is 5.69 Å². The molecule has 0 aliphatic heterocycles. The lowest BCUT2D eigenvalue weighted by Crippen LogP contribution is -2.01. The Morgan fingerprint density at radius 2 is 2.17 bits per heavy atom. The van der Waals surface area contributed by atoms with E-state index in [-0.39, 0.29) is 6.42 Å². The number of carboxylic acids is 1. The minimum Gasteiger partial charge on any atom is -0.481 e. The van der Waals surface area contributed by atoms with E-state index >= 15 is 0 Å². The van der Waals surface area contributed by atoms with Crippen molar-refractivity contribution in [1.29, 1.82) is 0 Å². The molecule has 0 fully saturated rings. The number of carbonyl (C=O) groups is 1. The molecule has 1 heterocycles. The van der Waals surface area contributed by atoms with Gasteiger partial charge in [-0.05, 0) is 38.0 Å². The van der Waals surface area contributed by atoms with Gasteiger partial charge in [-0.1, -0.05) is 12.1 Å². The highest BCUT2D eigenvalue weighted by Crippen LogP contribution is 2.13. The zero-order valence-corrected chi connectivity index (χ0v) is 10.4. The summed E-state index contributed by atoms with van der Waals surface area (Å²) < 4.78 is 1.76. The van der Waals surface area contributed by atoms with E-state index in [4.69, 9.17) is 5.11 Å². The summed E-state index contributed by atoms with van der Waals surface area (Å²) in [5.74, 6) is 0.763. The average Bonchev–Trinajstić information content (AvgIpc) is 2.66. The first-order valence-electron chi connectivity index (χ1n) is 5.77. The molecule has 5 heteroatoms. The number of aromatic nitrogens is 3. The van der Waals surface area contributed by atoms with Crippen molar-refractivity contribution < 1.29 is 9.90 Å². The maximum absolute atomic E-state index is 10.6. The molecule has 2 aromatic rings. The minimum atomic E-state index is -0.784. The van der Waals surface area contributed by atoms with Gasteiger partial charge in [-0.15, -0.1) is 0 Å². The number of aryl methyl sites for hydroxylation is 3. The molecule has 0 saturated heterocycles. The highest BCUT2D eigenvalue weighted by molar-refractivity contribution is 5.67. The third-order valence-corrected chi connectivity index (χ3v) is 2.66. The first-order valence-corrected chi connectivity index (χ1v) is 5.77. The second-order valence-electron chi connectivity index (χ2n) is 4.18. The van der Waals surface area contributed by atoms with Crippen LogP contribution in [-0.2, 0) is 11.2 Å². The van der Waals surface area contributed by atoms with Crippen molar-refractivity contribution in [2.75, 3.05) is 0 Å². The van der Waals surface area contributed by atoms with Crippen LogP contribution in [0.4, 0.5) is 0 Å². The molecular weight excluding hydrogens is 230 g/mol. The van der Waals surface area contributed by atoms with Crippen LogP contribution in [0.3, 0.4) is 0 Å². The van der Waals surface area contributed by atoms with Crippen molar-refractivity contribution in [3.63, 3.8) is 0 Å². The van der Waals surface area contributed by atoms with Crippen molar-refractivity contribution in [2.45, 2.75) is 26.7 Å². The number of hydrogen-bond donors (Lipinski definition) is 1. The van der Waals surface area contributed by atoms with Crippen LogP contribution in [-0.4, -0.2) is 25.8 Å². The van der Waals surface area contributed by atoms with Crippen molar-refractivity contribution in [1.82, 2.24) is 14.8 Å². The molecule has 1 aromatic carbocycles. The van der Waals surface area contributed by atoms with E-state index in [1.54, 1.807) is 4.68 Å². The Hall–Kier alpha value is -2.17. The van der Waals surface area contributed by atoms with Gasteiger partial charge in [0, 0.05) is 6.42 Å². The Morgan fingerprint density at radius 3 is 2.78 bits per heavy atom. The number of hydrogen-bond acceptors (Lipinski definition) is 3. The van der Waals surface area contributed by atoms with Crippen LogP contribution in [0.5, 0.6) is 0 Å². The van der Waals surface area contributed by atoms with Crippen LogP contribution >= 0.6 is 0 Å². The van der Waals surface area contributed by atoms with E-state index in [1.807, 2.05) is 38.1 Å². The number of aliphatic carboxylic acids is 1. The lowest BCUT2D eigenvalue weighted by atomic mass is 10.1. The fourth-order valence-electron chi connectivity index (χ4n) is 1.86. The largest absolute Gasteiger partial charge is 0.481 e. The SMILES string of the molecule is Cc1nc(C)n(-c2cccc(CCC(=O)O)c2)n1. The van der Waals surface area contributed by atoms with Crippen molar-refractivity contribution in [2.24, 2.45) is 0 Å². The summed E-state index contributed by atoms with van der Waals surface area (Å²) in [6.07, 6.45) is 0.661. The van der Waals surface area contributed by atoms with E-state index < -0.39 is 5.97 Å². The Bertz CT molecular complexity index is 575. The fourth-order valence-corrected chi connectivity index (χ4v) is 1.86. The molecule has 0 amide bonds. The van der Waals surface area contributed by atoms with E-state index in [2.05, 4.69) is 10.1 Å². The summed E-state index contributed by atoms with van der Waals surface area (Å²) in [6, 6.07) is 7.71. The number of carboxylic acid groups (broad SMARTS) is 1. The summed E-state index contributed by atoms with van der Waals surface area (Å²) in [7, 11) is 0. The highest BCUT2D eigenvalue weighted by atomic mass is 16.4. The van der Waals surface area contributed by atoms with Crippen LogP contribution < -0.4 is 0 Å². The molecule has 0 spiro atoms. The number of nitrogens with zero attached hydrogens (tertiary/aromatic N) is 3. The lowest BCUT2D eigenvalue weighted by Gasteiger charge is -2.05. The second kappa shape index (κ2) is 5.00. The molecule has 0 atom stereocenters. The van der Waals surface area contributed by atoms with Gasteiger partial charge in [0.15, 0.2) is 0 Å². The first-order chi connectivity index (χ1) is 8.56. The molecule has 0 saturated carbocycles. The van der Waals surface area contributed by atoms with E-state index in [1.165, 1.54) is 0 Å². The lowest BCUT2D eigenvalue weighted by molar-refractivity contribution is -0.136. The van der Waals surface area contributed by atoms with Crippen molar-refractivity contribution in [3.05, 3.63) is 41.5 Å². The summed E-state index contributed by atoms with van der Waals surface area (Å²) in [5.41, 5.74) is 1.90. The summed E-state index contributed by atoms with van der Waals surface area (Å²) in [4.78, 5) is 14.8. The molecule has 0 aliphatic carbocycles. The Kier molecular flexibility index (Phi) is 3.41. The fraction of sp³-hybridized carbons (Fsp3) is 0.308. The average molecular weight is 245 g/mol. The smallest absolute Gasteiger partial charge is 0.303 e. The number of benzene rings is 1. The summed E-state index contributed by atoms with van der Waals surface area (Å²) in [5, 5.41) is 13.0. The maximum atomic E-state index is 10.6. The van der Waals surface area contributed by atoms with Crippen molar-refractivity contribution in [3.8, 4) is 5.69 Å². The van der Waals surface area contributed by atoms with Crippen LogP contribution in [0.2, 0.25) is 0 Å². The van der Waals surface area contributed by atoms with E-state index in [0.29, 0.717) is 6.42 Å². The predicted octanol–water partition coefficient (Wildman–Crippen LogP) is 1.90. The third kappa shape index (κ3) is 2.74. The first kappa shape index (κ1) is 12.3. The Labute approximate surface area is 105 Å². The standard InChI is InChI=1S/C13H15N3O2/c1-9-14-10(2)16(15-9)12-5-3-4-11(8-12)6-7-13(17)18/h3-5,8H,6-7H2,1-2H3,(H,17,18). The predicted molar refractivity (Wildman–Crippen MR) is 66.8 cm³/mol. The topological polar surface area (TPSA) is 68.0 Å². The van der Waals surface area contributed by atoms with E-state index in [9.17, 15) is 4.79 Å². The number of rotatable bonds is 4. The Morgan fingerprint density at radius 1 is 1.39 bits per heavy atom. The van der Waals surface area contributed by atoms with Gasteiger partial charge in [-0.2, -0.15) is 5.10 Å². The third-order valence-electron chi connectivity index (χ3n) is 2.66. The molecule has 2 rings (SSSR count). The zero-order valence-electron chi connectivity index (χ0n) is 10.4. The second-order valence-corrected chi connectivity index (χ2v) is 4.18. The Balaban J connectivity index is 2.27. The van der Waals surface area contributed by atoms with Crippen LogP contribution in [0.1, 0.15) is 23.6 Å². The monoisotopic (exact) mass is 245 g/mol. The zero-order chi connectivity index (χ0) is 13.1. The molecule has 5 nitrogen and oxygen atoms in total. The molecular formula is C13H15N3O2. The molecule has 0 aliphatic rings. The van der Waals surface area contributed by atoms with Crippen LogP contribution in [0, 0.1) is 13.8 Å². The van der Waals surface area contributed by atoms with Crippen LogP contribution in [0.15, 0.2) is 24.3 Å². The van der Waals surface area contributed by atoms with Gasteiger partial charge in [0.2, 0.25) is 0 Å². The molecule has 94 valence electrons. The van der Waals surface area contributed by atoms with E-state index in [0.717, 1.165) is 22.9 Å². The van der Waals surface area contributed by atoms with Gasteiger partial charge >= 0.3 is 5.97 Å². The molecule has 0 radical (unpaired) electrons. The van der Waals surface area contributed by atoms with Crippen molar-refractivity contribution >= 4 is 5.97 Å². The van der Waals surface area contributed by atoms with Gasteiger partial charge in [-0.3, -0.25) is 4.79 Å². The minimum absolute atomic E-state index is 0.138. The van der Waals surface area contributed by atoms with Gasteiger partial charge < -0.3 is 5.11 Å². The summed E-state index contributed by atoms with van der Waals surface area (Å²) >= 11 is 0. The maximum Gasteiger partial charge on any atom is 0.303 e. The molecule has 0 unspecified atom stereocenters.